The van der Waals surface area contributed by atoms with Gasteiger partial charge in [-0.15, -0.1) is 0 Å². The van der Waals surface area contributed by atoms with Gasteiger partial charge in [-0.05, 0) is 30.2 Å². The van der Waals surface area contributed by atoms with Gasteiger partial charge in [0.15, 0.2) is 0 Å². The van der Waals surface area contributed by atoms with Crippen molar-refractivity contribution in [3.8, 4) is 11.1 Å². The molecule has 7 heteroatoms. The average Bonchev–Trinajstić information content (AvgIpc) is 2.56. The van der Waals surface area contributed by atoms with Crippen LogP contribution in [0, 0.1) is 12.3 Å². The van der Waals surface area contributed by atoms with E-state index in [2.05, 4.69) is 5.32 Å². The smallest absolute Gasteiger partial charge is 0.309 e. The lowest BCUT2D eigenvalue weighted by Gasteiger charge is -2.22. The number of aliphatic carboxylic acids is 1. The summed E-state index contributed by atoms with van der Waals surface area (Å²) in [5.74, 6) is -1.35. The molecular formula is C20H23ClN2O4. The zero-order valence-corrected chi connectivity index (χ0v) is 16.8. The van der Waals surface area contributed by atoms with E-state index >= 15 is 0 Å². The van der Waals surface area contributed by atoms with Crippen molar-refractivity contribution >= 4 is 29.2 Å². The van der Waals surface area contributed by atoms with Gasteiger partial charge in [0.05, 0.1) is 6.42 Å². The van der Waals surface area contributed by atoms with E-state index in [1.807, 2.05) is 0 Å². The first-order valence-electron chi connectivity index (χ1n) is 8.45. The highest BCUT2D eigenvalue weighted by Crippen LogP contribution is 2.32. The first kappa shape index (κ1) is 20.7. The maximum absolute atomic E-state index is 12.8. The standard InChI is InChI=1S/C20H23ClN2O4/c1-11-16(12-6-8-13(21)9-7-12)14(10-15(24)25)23(5)18(26)17(11)22-19(27)20(2,3)4/h6-9H,10H2,1-5H3,(H,22,27)(H,24,25). The van der Waals surface area contributed by atoms with Gasteiger partial charge in [-0.3, -0.25) is 14.4 Å². The van der Waals surface area contributed by atoms with E-state index in [1.54, 1.807) is 52.0 Å². The molecule has 0 saturated carbocycles. The fraction of sp³-hybridized carbons (Fsp3) is 0.350. The molecule has 0 aliphatic heterocycles. The number of benzene rings is 1. The summed E-state index contributed by atoms with van der Waals surface area (Å²) < 4.78 is 1.28. The molecule has 1 heterocycles. The summed E-state index contributed by atoms with van der Waals surface area (Å²) in [6.07, 6.45) is -0.321. The van der Waals surface area contributed by atoms with Gasteiger partial charge in [0.1, 0.15) is 5.69 Å². The van der Waals surface area contributed by atoms with E-state index in [0.717, 1.165) is 5.56 Å². The second-order valence-electron chi connectivity index (χ2n) is 7.47. The van der Waals surface area contributed by atoms with Crippen molar-refractivity contribution in [2.45, 2.75) is 34.1 Å². The van der Waals surface area contributed by atoms with E-state index in [-0.39, 0.29) is 18.0 Å². The number of carboxylic acid groups (broad SMARTS) is 1. The van der Waals surface area contributed by atoms with Gasteiger partial charge in [-0.1, -0.05) is 44.5 Å². The fourth-order valence-electron chi connectivity index (χ4n) is 2.76. The molecule has 6 nitrogen and oxygen atoms in total. The third-order valence-electron chi connectivity index (χ3n) is 4.33. The molecule has 0 atom stereocenters. The van der Waals surface area contributed by atoms with Gasteiger partial charge in [0.25, 0.3) is 5.56 Å². The van der Waals surface area contributed by atoms with E-state index in [1.165, 1.54) is 11.6 Å². The number of hydrogen-bond acceptors (Lipinski definition) is 3. The van der Waals surface area contributed by atoms with Crippen LogP contribution in [0.15, 0.2) is 29.1 Å². The van der Waals surface area contributed by atoms with Crippen LogP contribution in [0.3, 0.4) is 0 Å². The summed E-state index contributed by atoms with van der Waals surface area (Å²) in [5.41, 5.74) is 1.22. The Morgan fingerprint density at radius 3 is 2.22 bits per heavy atom. The molecule has 2 rings (SSSR count). The first-order valence-corrected chi connectivity index (χ1v) is 8.83. The first-order chi connectivity index (χ1) is 12.4. The van der Waals surface area contributed by atoms with E-state index in [9.17, 15) is 19.5 Å². The molecule has 0 radical (unpaired) electrons. The predicted octanol–water partition coefficient (Wildman–Crippen LogP) is 3.63. The van der Waals surface area contributed by atoms with Gasteiger partial charge >= 0.3 is 5.97 Å². The Morgan fingerprint density at radius 1 is 1.19 bits per heavy atom. The number of carboxylic acids is 1. The molecular weight excluding hydrogens is 368 g/mol. The molecule has 0 aliphatic carbocycles. The Hall–Kier alpha value is -2.60. The molecule has 0 fully saturated rings. The lowest BCUT2D eigenvalue weighted by molar-refractivity contribution is -0.136. The van der Waals surface area contributed by atoms with E-state index in [4.69, 9.17) is 11.6 Å². The topological polar surface area (TPSA) is 88.4 Å². The highest BCUT2D eigenvalue weighted by molar-refractivity contribution is 6.30. The molecule has 144 valence electrons. The highest BCUT2D eigenvalue weighted by Gasteiger charge is 2.26. The summed E-state index contributed by atoms with van der Waals surface area (Å²) >= 11 is 5.96. The van der Waals surface area contributed by atoms with Gasteiger partial charge in [-0.2, -0.15) is 0 Å². The molecule has 1 amide bonds. The molecule has 0 bridgehead atoms. The largest absolute Gasteiger partial charge is 0.481 e. The molecule has 0 unspecified atom stereocenters. The second-order valence-corrected chi connectivity index (χ2v) is 7.90. The van der Waals surface area contributed by atoms with Crippen molar-refractivity contribution in [3.63, 3.8) is 0 Å². The van der Waals surface area contributed by atoms with E-state index in [0.29, 0.717) is 21.8 Å². The number of carbonyl (C=O) groups excluding carboxylic acids is 1. The minimum Gasteiger partial charge on any atom is -0.481 e. The molecule has 0 spiro atoms. The normalized spacial score (nSPS) is 11.3. The quantitative estimate of drug-likeness (QED) is 0.834. The van der Waals surface area contributed by atoms with Gasteiger partial charge < -0.3 is 15.0 Å². The maximum Gasteiger partial charge on any atom is 0.309 e. The number of nitrogens with zero attached hydrogens (tertiary/aromatic N) is 1. The second kappa shape index (κ2) is 7.56. The Bertz CT molecular complexity index is 954. The minimum absolute atomic E-state index is 0.150. The van der Waals surface area contributed by atoms with Gasteiger partial charge in [-0.25, -0.2) is 0 Å². The molecule has 27 heavy (non-hydrogen) atoms. The van der Waals surface area contributed by atoms with Crippen molar-refractivity contribution in [2.24, 2.45) is 12.5 Å². The van der Waals surface area contributed by atoms with Crippen LogP contribution in [-0.4, -0.2) is 21.6 Å². The molecule has 0 aliphatic rings. The monoisotopic (exact) mass is 390 g/mol. The van der Waals surface area contributed by atoms with Crippen LogP contribution in [0.5, 0.6) is 0 Å². The Kier molecular flexibility index (Phi) is 5.80. The number of hydrogen-bond donors (Lipinski definition) is 2. The van der Waals surface area contributed by atoms with E-state index < -0.39 is 16.9 Å². The van der Waals surface area contributed by atoms with Gasteiger partial charge in [0.2, 0.25) is 5.91 Å². The predicted molar refractivity (Wildman–Crippen MR) is 106 cm³/mol. The maximum atomic E-state index is 12.8. The minimum atomic E-state index is -1.05. The molecule has 1 aromatic carbocycles. The van der Waals surface area contributed by atoms with Crippen molar-refractivity contribution in [1.29, 1.82) is 0 Å². The van der Waals surface area contributed by atoms with Crippen molar-refractivity contribution < 1.29 is 14.7 Å². The van der Waals surface area contributed by atoms with Crippen LogP contribution < -0.4 is 10.9 Å². The molecule has 2 aromatic rings. The average molecular weight is 391 g/mol. The zero-order valence-electron chi connectivity index (χ0n) is 16.0. The third-order valence-corrected chi connectivity index (χ3v) is 4.59. The van der Waals surface area contributed by atoms with Crippen LogP contribution >= 0.6 is 11.6 Å². The van der Waals surface area contributed by atoms with Crippen molar-refractivity contribution in [2.75, 3.05) is 5.32 Å². The van der Waals surface area contributed by atoms with Crippen LogP contribution in [0.25, 0.3) is 11.1 Å². The lowest BCUT2D eigenvalue weighted by atomic mass is 9.93. The van der Waals surface area contributed by atoms with Crippen LogP contribution in [0.1, 0.15) is 32.0 Å². The third kappa shape index (κ3) is 4.39. The number of rotatable bonds is 4. The molecule has 0 saturated heterocycles. The number of carbonyl (C=O) groups is 2. The summed E-state index contributed by atoms with van der Waals surface area (Å²) in [7, 11) is 1.51. The number of amides is 1. The van der Waals surface area contributed by atoms with Gasteiger partial charge in [0, 0.05) is 28.7 Å². The summed E-state index contributed by atoms with van der Waals surface area (Å²) in [4.78, 5) is 36.6. The SMILES string of the molecule is Cc1c(-c2ccc(Cl)cc2)c(CC(=O)O)n(C)c(=O)c1NC(=O)C(C)(C)C. The number of pyridine rings is 1. The van der Waals surface area contributed by atoms with Crippen LogP contribution in [0.2, 0.25) is 5.02 Å². The number of nitrogens with one attached hydrogen (secondary N) is 1. The summed E-state index contributed by atoms with van der Waals surface area (Å²) in [6, 6.07) is 6.91. The van der Waals surface area contributed by atoms with Crippen molar-refractivity contribution in [1.82, 2.24) is 4.57 Å². The number of aromatic nitrogens is 1. The number of anilines is 1. The van der Waals surface area contributed by atoms with Crippen molar-refractivity contribution in [3.05, 3.63) is 50.9 Å². The number of halogens is 1. The Labute approximate surface area is 162 Å². The van der Waals surface area contributed by atoms with Crippen LogP contribution in [-0.2, 0) is 23.1 Å². The highest BCUT2D eigenvalue weighted by atomic mass is 35.5. The molecule has 1 aromatic heterocycles. The zero-order chi connectivity index (χ0) is 20.5. The summed E-state index contributed by atoms with van der Waals surface area (Å²) in [5, 5.41) is 12.6. The van der Waals surface area contributed by atoms with Crippen LogP contribution in [0.4, 0.5) is 5.69 Å². The Morgan fingerprint density at radius 2 is 1.74 bits per heavy atom. The molecule has 2 N–H and O–H groups in total. The fourth-order valence-corrected chi connectivity index (χ4v) is 2.88. The summed E-state index contributed by atoms with van der Waals surface area (Å²) in [6.45, 7) is 6.96. The Balaban J connectivity index is 2.78. The lowest BCUT2D eigenvalue weighted by Crippen LogP contribution is -2.34.